The molecule has 2 atom stereocenters. The number of aliphatic hydroxyl groups excluding tert-OH is 1. The largest absolute Gasteiger partial charge is 0.389 e. The van der Waals surface area contributed by atoms with Crippen molar-refractivity contribution in [3.05, 3.63) is 0 Å². The molecule has 0 aromatic rings. The van der Waals surface area contributed by atoms with Gasteiger partial charge in [-0.2, -0.15) is 0 Å². The van der Waals surface area contributed by atoms with Gasteiger partial charge in [0.05, 0.1) is 25.4 Å². The molecule has 0 saturated carbocycles. The number of ether oxygens (including phenoxy) is 2. The lowest BCUT2D eigenvalue weighted by Crippen LogP contribution is -2.37. The predicted octanol–water partition coefficient (Wildman–Crippen LogP) is 1.52. The number of hydrogen-bond acceptors (Lipinski definition) is 4. The molecule has 0 amide bonds. The molecule has 0 radical (unpaired) electrons. The molecule has 1 heterocycles. The quantitative estimate of drug-likeness (QED) is 0.753. The van der Waals surface area contributed by atoms with E-state index in [4.69, 9.17) is 9.47 Å². The number of hydrogen-bond donors (Lipinski definition) is 1. The Hall–Kier alpha value is -0.160. The monoisotopic (exact) mass is 259 g/mol. The van der Waals surface area contributed by atoms with E-state index >= 15 is 0 Å². The summed E-state index contributed by atoms with van der Waals surface area (Å²) in [4.78, 5) is 2.15. The van der Waals surface area contributed by atoms with Crippen LogP contribution >= 0.6 is 0 Å². The maximum absolute atomic E-state index is 9.88. The summed E-state index contributed by atoms with van der Waals surface area (Å²) in [5.41, 5.74) is 0.257. The zero-order valence-corrected chi connectivity index (χ0v) is 12.3. The fourth-order valence-electron chi connectivity index (χ4n) is 2.40. The van der Waals surface area contributed by atoms with Gasteiger partial charge in [0.25, 0.3) is 0 Å². The topological polar surface area (TPSA) is 41.9 Å². The minimum Gasteiger partial charge on any atom is -0.389 e. The first-order valence-electron chi connectivity index (χ1n) is 6.93. The van der Waals surface area contributed by atoms with Crippen LogP contribution in [0.25, 0.3) is 0 Å². The Balaban J connectivity index is 2.07. The van der Waals surface area contributed by atoms with Gasteiger partial charge in [-0.05, 0) is 25.3 Å². The Kier molecular flexibility index (Phi) is 6.57. The van der Waals surface area contributed by atoms with Gasteiger partial charge in [0.1, 0.15) is 0 Å². The smallest absolute Gasteiger partial charge is 0.0900 e. The summed E-state index contributed by atoms with van der Waals surface area (Å²) in [5, 5.41) is 9.88. The van der Waals surface area contributed by atoms with Gasteiger partial charge in [-0.1, -0.05) is 20.8 Å². The highest BCUT2D eigenvalue weighted by molar-refractivity contribution is 4.69. The van der Waals surface area contributed by atoms with Crippen LogP contribution in [0.15, 0.2) is 0 Å². The van der Waals surface area contributed by atoms with E-state index in [1.54, 1.807) is 0 Å². The van der Waals surface area contributed by atoms with Crippen molar-refractivity contribution in [3.63, 3.8) is 0 Å². The van der Waals surface area contributed by atoms with E-state index in [0.717, 1.165) is 26.0 Å². The number of nitrogens with zero attached hydrogens (tertiary/aromatic N) is 1. The first-order chi connectivity index (χ1) is 8.37. The lowest BCUT2D eigenvalue weighted by Gasteiger charge is -2.28. The highest BCUT2D eigenvalue weighted by Crippen LogP contribution is 2.14. The van der Waals surface area contributed by atoms with Crippen molar-refractivity contribution in [3.8, 4) is 0 Å². The third kappa shape index (κ3) is 7.31. The van der Waals surface area contributed by atoms with Crippen molar-refractivity contribution < 1.29 is 14.6 Å². The molecular formula is C14H29NO3. The van der Waals surface area contributed by atoms with E-state index in [1.807, 2.05) is 7.05 Å². The van der Waals surface area contributed by atoms with Crippen LogP contribution in [0.5, 0.6) is 0 Å². The Morgan fingerprint density at radius 2 is 2.17 bits per heavy atom. The molecule has 4 heteroatoms. The Morgan fingerprint density at radius 3 is 2.72 bits per heavy atom. The van der Waals surface area contributed by atoms with Gasteiger partial charge in [-0.3, -0.25) is 0 Å². The van der Waals surface area contributed by atoms with Crippen molar-refractivity contribution in [1.82, 2.24) is 4.90 Å². The summed E-state index contributed by atoms with van der Waals surface area (Å²) in [6.45, 7) is 10.1. The highest BCUT2D eigenvalue weighted by atomic mass is 16.5. The number of rotatable bonds is 7. The summed E-state index contributed by atoms with van der Waals surface area (Å²) in [6.07, 6.45) is 2.04. The van der Waals surface area contributed by atoms with Crippen LogP contribution in [0.2, 0.25) is 0 Å². The molecule has 0 spiro atoms. The summed E-state index contributed by atoms with van der Waals surface area (Å²) >= 11 is 0. The standard InChI is InChI=1S/C14H29NO3/c1-14(2,3)11-15(4)8-12(16)9-17-10-13-6-5-7-18-13/h12-13,16H,5-11H2,1-4H3. The zero-order chi connectivity index (χ0) is 13.6. The maximum Gasteiger partial charge on any atom is 0.0900 e. The van der Waals surface area contributed by atoms with Crippen LogP contribution in [-0.4, -0.2) is 62.2 Å². The van der Waals surface area contributed by atoms with Crippen LogP contribution in [0.3, 0.4) is 0 Å². The molecule has 0 bridgehead atoms. The minimum absolute atomic E-state index is 0.240. The SMILES string of the molecule is CN(CC(O)COCC1CCCO1)CC(C)(C)C. The molecule has 1 aliphatic heterocycles. The van der Waals surface area contributed by atoms with Gasteiger partial charge in [-0.25, -0.2) is 0 Å². The Labute approximate surface area is 111 Å². The summed E-state index contributed by atoms with van der Waals surface area (Å²) in [7, 11) is 2.04. The van der Waals surface area contributed by atoms with E-state index in [-0.39, 0.29) is 11.5 Å². The molecule has 1 aliphatic rings. The second-order valence-electron chi connectivity index (χ2n) is 6.58. The third-order valence-corrected chi connectivity index (χ3v) is 2.90. The Bertz CT molecular complexity index is 222. The van der Waals surface area contributed by atoms with Gasteiger partial charge in [0.15, 0.2) is 0 Å². The lowest BCUT2D eigenvalue weighted by molar-refractivity contribution is -0.0249. The molecule has 1 rings (SSSR count). The minimum atomic E-state index is -0.418. The average Bonchev–Trinajstić information content (AvgIpc) is 2.66. The molecular weight excluding hydrogens is 230 g/mol. The summed E-state index contributed by atoms with van der Waals surface area (Å²) in [5.74, 6) is 0. The predicted molar refractivity (Wildman–Crippen MR) is 72.8 cm³/mol. The van der Waals surface area contributed by atoms with Gasteiger partial charge in [0, 0.05) is 19.7 Å². The van der Waals surface area contributed by atoms with Crippen LogP contribution in [-0.2, 0) is 9.47 Å². The fraction of sp³-hybridized carbons (Fsp3) is 1.00. The average molecular weight is 259 g/mol. The maximum atomic E-state index is 9.88. The van der Waals surface area contributed by atoms with Crippen LogP contribution < -0.4 is 0 Å². The Morgan fingerprint density at radius 1 is 1.44 bits per heavy atom. The van der Waals surface area contributed by atoms with Crippen LogP contribution in [0.4, 0.5) is 0 Å². The molecule has 1 fully saturated rings. The van der Waals surface area contributed by atoms with E-state index < -0.39 is 6.10 Å². The molecule has 0 aliphatic carbocycles. The third-order valence-electron chi connectivity index (χ3n) is 2.90. The van der Waals surface area contributed by atoms with Crippen molar-refractivity contribution in [1.29, 1.82) is 0 Å². The van der Waals surface area contributed by atoms with Crippen molar-refractivity contribution in [2.24, 2.45) is 5.41 Å². The first-order valence-corrected chi connectivity index (χ1v) is 6.93. The highest BCUT2D eigenvalue weighted by Gasteiger charge is 2.18. The van der Waals surface area contributed by atoms with Gasteiger partial charge in [0.2, 0.25) is 0 Å². The fourth-order valence-corrected chi connectivity index (χ4v) is 2.40. The molecule has 18 heavy (non-hydrogen) atoms. The van der Waals surface area contributed by atoms with Crippen molar-refractivity contribution in [2.45, 2.75) is 45.8 Å². The molecule has 1 N–H and O–H groups in total. The van der Waals surface area contributed by atoms with Gasteiger partial charge < -0.3 is 19.5 Å². The van der Waals surface area contributed by atoms with E-state index in [1.165, 1.54) is 0 Å². The molecule has 2 unspecified atom stereocenters. The van der Waals surface area contributed by atoms with Gasteiger partial charge >= 0.3 is 0 Å². The van der Waals surface area contributed by atoms with E-state index in [9.17, 15) is 5.11 Å². The summed E-state index contributed by atoms with van der Waals surface area (Å²) < 4.78 is 11.0. The molecule has 1 saturated heterocycles. The van der Waals surface area contributed by atoms with Crippen LogP contribution in [0.1, 0.15) is 33.6 Å². The van der Waals surface area contributed by atoms with Gasteiger partial charge in [-0.15, -0.1) is 0 Å². The molecule has 4 nitrogen and oxygen atoms in total. The molecule has 108 valence electrons. The number of likely N-dealkylation sites (N-methyl/N-ethyl adjacent to an activating group) is 1. The van der Waals surface area contributed by atoms with Crippen LogP contribution in [0, 0.1) is 5.41 Å². The van der Waals surface area contributed by atoms with Crippen molar-refractivity contribution >= 4 is 0 Å². The second-order valence-corrected chi connectivity index (χ2v) is 6.58. The van der Waals surface area contributed by atoms with Crippen molar-refractivity contribution in [2.75, 3.05) is 40.0 Å². The zero-order valence-electron chi connectivity index (χ0n) is 12.3. The lowest BCUT2D eigenvalue weighted by atomic mass is 9.96. The molecule has 0 aromatic heterocycles. The second kappa shape index (κ2) is 7.43. The normalized spacial score (nSPS) is 22.7. The van der Waals surface area contributed by atoms with E-state index in [2.05, 4.69) is 25.7 Å². The van der Waals surface area contributed by atoms with E-state index in [0.29, 0.717) is 19.8 Å². The first kappa shape index (κ1) is 15.9. The number of aliphatic hydroxyl groups is 1. The molecule has 0 aromatic carbocycles. The summed E-state index contributed by atoms with van der Waals surface area (Å²) in [6, 6.07) is 0.